The van der Waals surface area contributed by atoms with Crippen LogP contribution in [0.4, 0.5) is 4.39 Å². The van der Waals surface area contributed by atoms with Crippen molar-refractivity contribution in [3.63, 3.8) is 0 Å². The van der Waals surface area contributed by atoms with Crippen molar-refractivity contribution in [2.24, 2.45) is 0 Å². The summed E-state index contributed by atoms with van der Waals surface area (Å²) in [5.41, 5.74) is 1.53. The van der Waals surface area contributed by atoms with Gasteiger partial charge < -0.3 is 4.90 Å². The fourth-order valence-electron chi connectivity index (χ4n) is 1.94. The van der Waals surface area contributed by atoms with Crippen LogP contribution in [0, 0.1) is 5.82 Å². The Labute approximate surface area is 126 Å². The number of nitrogens with zero attached hydrogens (tertiary/aromatic N) is 1. The van der Waals surface area contributed by atoms with Gasteiger partial charge in [-0.15, -0.1) is 0 Å². The third-order valence-corrected chi connectivity index (χ3v) is 3.49. The normalized spacial score (nSPS) is 10.3. The summed E-state index contributed by atoms with van der Waals surface area (Å²) in [4.78, 5) is 13.8. The van der Waals surface area contributed by atoms with Gasteiger partial charge in [0.1, 0.15) is 5.82 Å². The summed E-state index contributed by atoms with van der Waals surface area (Å²) >= 11 is 3.20. The van der Waals surface area contributed by atoms with Crippen molar-refractivity contribution in [1.82, 2.24) is 4.90 Å². The molecular formula is C16H15BrFNO. The molecule has 0 aliphatic rings. The molecular weight excluding hydrogens is 321 g/mol. The van der Waals surface area contributed by atoms with Crippen LogP contribution in [0.3, 0.4) is 0 Å². The van der Waals surface area contributed by atoms with E-state index >= 15 is 0 Å². The molecule has 0 aliphatic carbocycles. The first-order valence-corrected chi connectivity index (χ1v) is 7.11. The number of hydrogen-bond acceptors (Lipinski definition) is 1. The molecule has 0 aromatic heterocycles. The van der Waals surface area contributed by atoms with Crippen LogP contribution in [0.15, 0.2) is 53.0 Å². The van der Waals surface area contributed by atoms with Crippen molar-refractivity contribution in [2.75, 3.05) is 13.6 Å². The average Bonchev–Trinajstić information content (AvgIpc) is 2.44. The Morgan fingerprint density at radius 3 is 2.55 bits per heavy atom. The number of rotatable bonds is 4. The van der Waals surface area contributed by atoms with E-state index in [0.29, 0.717) is 16.6 Å². The summed E-state index contributed by atoms with van der Waals surface area (Å²) in [6.45, 7) is 0.594. The molecule has 2 aromatic carbocycles. The second-order valence-corrected chi connectivity index (χ2v) is 5.54. The number of hydrogen-bond donors (Lipinski definition) is 0. The Bertz CT molecular complexity index is 580. The monoisotopic (exact) mass is 335 g/mol. The van der Waals surface area contributed by atoms with E-state index in [1.807, 2.05) is 30.3 Å². The first-order chi connectivity index (χ1) is 9.56. The average molecular weight is 336 g/mol. The maximum Gasteiger partial charge on any atom is 0.253 e. The molecule has 0 heterocycles. The number of likely N-dealkylation sites (N-methyl/N-ethyl adjacent to an activating group) is 1. The summed E-state index contributed by atoms with van der Waals surface area (Å²) in [6, 6.07) is 14.2. The van der Waals surface area contributed by atoms with Crippen LogP contribution in [0.25, 0.3) is 0 Å². The lowest BCUT2D eigenvalue weighted by Crippen LogP contribution is -2.28. The van der Waals surface area contributed by atoms with Crippen LogP contribution in [-0.2, 0) is 6.42 Å². The first kappa shape index (κ1) is 14.7. The predicted molar refractivity (Wildman–Crippen MR) is 81.2 cm³/mol. The van der Waals surface area contributed by atoms with Crippen LogP contribution < -0.4 is 0 Å². The van der Waals surface area contributed by atoms with Gasteiger partial charge in [0.05, 0.1) is 0 Å². The number of carbonyl (C=O) groups excluding carboxylic acids is 1. The molecule has 0 bridgehead atoms. The zero-order valence-corrected chi connectivity index (χ0v) is 12.7. The highest BCUT2D eigenvalue weighted by atomic mass is 79.9. The van der Waals surface area contributed by atoms with Gasteiger partial charge in [0.15, 0.2) is 0 Å². The molecule has 0 spiro atoms. The van der Waals surface area contributed by atoms with Crippen LogP contribution in [0.5, 0.6) is 0 Å². The van der Waals surface area contributed by atoms with E-state index in [9.17, 15) is 9.18 Å². The fraction of sp³-hybridized carbons (Fsp3) is 0.188. The minimum absolute atomic E-state index is 0.180. The molecule has 20 heavy (non-hydrogen) atoms. The second-order valence-electron chi connectivity index (χ2n) is 4.62. The van der Waals surface area contributed by atoms with E-state index in [0.717, 1.165) is 6.42 Å². The van der Waals surface area contributed by atoms with Crippen molar-refractivity contribution >= 4 is 21.8 Å². The molecule has 0 aliphatic heterocycles. The number of halogens is 2. The molecule has 1 amide bonds. The zero-order valence-electron chi connectivity index (χ0n) is 11.1. The van der Waals surface area contributed by atoms with Crippen molar-refractivity contribution in [2.45, 2.75) is 6.42 Å². The van der Waals surface area contributed by atoms with Crippen molar-refractivity contribution in [3.05, 3.63) is 69.9 Å². The topological polar surface area (TPSA) is 20.3 Å². The van der Waals surface area contributed by atoms with Crippen LogP contribution in [0.2, 0.25) is 0 Å². The molecule has 0 fully saturated rings. The van der Waals surface area contributed by atoms with Crippen molar-refractivity contribution < 1.29 is 9.18 Å². The summed E-state index contributed by atoms with van der Waals surface area (Å²) in [7, 11) is 1.73. The maximum absolute atomic E-state index is 13.3. The van der Waals surface area contributed by atoms with E-state index in [-0.39, 0.29) is 5.91 Å². The summed E-state index contributed by atoms with van der Waals surface area (Å²) in [6.07, 6.45) is 0.777. The lowest BCUT2D eigenvalue weighted by atomic mass is 10.1. The Kier molecular flexibility index (Phi) is 4.90. The summed E-state index contributed by atoms with van der Waals surface area (Å²) in [5.74, 6) is -0.597. The smallest absolute Gasteiger partial charge is 0.253 e. The standard InChI is InChI=1S/C16H15BrFNO/c1-19(8-7-12-5-3-2-4-6-12)16(20)13-9-14(17)11-15(18)10-13/h2-6,9-11H,7-8H2,1H3. The van der Waals surface area contributed by atoms with Gasteiger partial charge >= 0.3 is 0 Å². The molecule has 0 saturated heterocycles. The third-order valence-electron chi connectivity index (χ3n) is 3.03. The van der Waals surface area contributed by atoms with Crippen LogP contribution >= 0.6 is 15.9 Å². The molecule has 0 unspecified atom stereocenters. The van der Waals surface area contributed by atoms with Gasteiger partial charge in [-0.25, -0.2) is 4.39 Å². The van der Waals surface area contributed by atoms with E-state index in [4.69, 9.17) is 0 Å². The van der Waals surface area contributed by atoms with Gasteiger partial charge in [-0.2, -0.15) is 0 Å². The van der Waals surface area contributed by atoms with Crippen molar-refractivity contribution in [1.29, 1.82) is 0 Å². The highest BCUT2D eigenvalue weighted by Crippen LogP contribution is 2.16. The predicted octanol–water partition coefficient (Wildman–Crippen LogP) is 3.90. The lowest BCUT2D eigenvalue weighted by molar-refractivity contribution is 0.0796. The largest absolute Gasteiger partial charge is 0.341 e. The molecule has 4 heteroatoms. The highest BCUT2D eigenvalue weighted by Gasteiger charge is 2.13. The molecule has 0 radical (unpaired) electrons. The Morgan fingerprint density at radius 1 is 1.20 bits per heavy atom. The van der Waals surface area contributed by atoms with E-state index in [2.05, 4.69) is 15.9 Å². The first-order valence-electron chi connectivity index (χ1n) is 6.32. The molecule has 0 saturated carbocycles. The summed E-state index contributed by atoms with van der Waals surface area (Å²) < 4.78 is 13.9. The Hall–Kier alpha value is -1.68. The quantitative estimate of drug-likeness (QED) is 0.829. The van der Waals surface area contributed by atoms with Gasteiger partial charge in [0, 0.05) is 23.6 Å². The second kappa shape index (κ2) is 6.66. The minimum atomic E-state index is -0.417. The van der Waals surface area contributed by atoms with Crippen LogP contribution in [0.1, 0.15) is 15.9 Å². The number of amides is 1. The molecule has 2 nitrogen and oxygen atoms in total. The lowest BCUT2D eigenvalue weighted by Gasteiger charge is -2.17. The molecule has 104 valence electrons. The van der Waals surface area contributed by atoms with Gasteiger partial charge in [0.25, 0.3) is 5.91 Å². The minimum Gasteiger partial charge on any atom is -0.341 e. The van der Waals surface area contributed by atoms with Gasteiger partial charge in [-0.1, -0.05) is 46.3 Å². The maximum atomic E-state index is 13.3. The Balaban J connectivity index is 2.01. The highest BCUT2D eigenvalue weighted by molar-refractivity contribution is 9.10. The molecule has 2 aromatic rings. The third kappa shape index (κ3) is 3.90. The SMILES string of the molecule is CN(CCc1ccccc1)C(=O)c1cc(F)cc(Br)c1. The fourth-order valence-corrected chi connectivity index (χ4v) is 2.41. The summed E-state index contributed by atoms with van der Waals surface area (Å²) in [5, 5.41) is 0. The molecule has 0 N–H and O–H groups in total. The van der Waals surface area contributed by atoms with E-state index in [1.54, 1.807) is 18.0 Å². The van der Waals surface area contributed by atoms with Gasteiger partial charge in [0.2, 0.25) is 0 Å². The zero-order chi connectivity index (χ0) is 14.5. The van der Waals surface area contributed by atoms with E-state index < -0.39 is 5.82 Å². The van der Waals surface area contributed by atoms with E-state index in [1.165, 1.54) is 17.7 Å². The molecule has 0 atom stereocenters. The number of carbonyl (C=O) groups is 1. The number of benzene rings is 2. The van der Waals surface area contributed by atoms with Crippen LogP contribution in [-0.4, -0.2) is 24.4 Å². The van der Waals surface area contributed by atoms with Gasteiger partial charge in [-0.3, -0.25) is 4.79 Å². The van der Waals surface area contributed by atoms with Crippen molar-refractivity contribution in [3.8, 4) is 0 Å². The molecule has 2 rings (SSSR count). The van der Waals surface area contributed by atoms with Gasteiger partial charge in [-0.05, 0) is 30.2 Å². The Morgan fingerprint density at radius 2 is 1.90 bits per heavy atom.